The molecule has 2 rings (SSSR count). The number of amides is 1. The van der Waals surface area contributed by atoms with Crippen LogP contribution in [0.2, 0.25) is 0 Å². The molecule has 0 fully saturated rings. The molecule has 0 aliphatic rings. The molecule has 0 bridgehead atoms. The Balaban J connectivity index is 2.26. The second-order valence-electron chi connectivity index (χ2n) is 4.08. The molecule has 2 aromatic rings. The Hall–Kier alpha value is -1.47. The van der Waals surface area contributed by atoms with E-state index in [1.807, 2.05) is 19.1 Å². The van der Waals surface area contributed by atoms with E-state index < -0.39 is 0 Å². The summed E-state index contributed by atoms with van der Waals surface area (Å²) in [5.74, 6) is 0.273. The zero-order valence-corrected chi connectivity index (χ0v) is 13.3. The topological polar surface area (TPSA) is 56.1 Å². The first-order valence-electron chi connectivity index (χ1n) is 6.05. The van der Waals surface area contributed by atoms with E-state index in [0.29, 0.717) is 11.4 Å². The van der Waals surface area contributed by atoms with Crippen LogP contribution in [-0.4, -0.2) is 15.1 Å². The lowest BCUT2D eigenvalue weighted by molar-refractivity contribution is 0.0984. The van der Waals surface area contributed by atoms with Crippen LogP contribution < -0.4 is 9.08 Å². The van der Waals surface area contributed by atoms with Gasteiger partial charge in [0.15, 0.2) is 0 Å². The van der Waals surface area contributed by atoms with Crippen molar-refractivity contribution < 1.29 is 9.53 Å². The Labute approximate surface area is 131 Å². The maximum absolute atomic E-state index is 11.9. The van der Waals surface area contributed by atoms with Crippen molar-refractivity contribution >= 4 is 34.9 Å². The Bertz CT molecular complexity index is 615. The van der Waals surface area contributed by atoms with Crippen molar-refractivity contribution in [1.29, 1.82) is 0 Å². The normalized spacial score (nSPS) is 10.3. The minimum Gasteiger partial charge on any atom is -0.472 e. The minimum absolute atomic E-state index is 0.196. The quantitative estimate of drug-likeness (QED) is 0.640. The number of halogens is 1. The zero-order chi connectivity index (χ0) is 14.5. The number of nitrogens with one attached hydrogen (secondary N) is 1. The number of aromatic nitrogens is 2. The predicted octanol–water partition coefficient (Wildman–Crippen LogP) is 2.76. The molecule has 0 aliphatic carbocycles. The summed E-state index contributed by atoms with van der Waals surface area (Å²) < 4.78 is 9.44. The number of aryl methyl sites for hydroxylation is 1. The first-order valence-corrected chi connectivity index (χ1v) is 7.24. The molecule has 1 aromatic carbocycles. The molecule has 7 heteroatoms. The van der Waals surface area contributed by atoms with Gasteiger partial charge in [-0.1, -0.05) is 19.1 Å². The molecule has 0 spiro atoms. The third kappa shape index (κ3) is 3.34. The van der Waals surface area contributed by atoms with E-state index in [4.69, 9.17) is 4.74 Å². The van der Waals surface area contributed by atoms with Crippen molar-refractivity contribution in [3.8, 4) is 5.88 Å². The average Bonchev–Trinajstić information content (AvgIpc) is 2.89. The van der Waals surface area contributed by atoms with Gasteiger partial charge in [0.2, 0.25) is 5.88 Å². The summed E-state index contributed by atoms with van der Waals surface area (Å²) in [6, 6.07) is 7.33. The van der Waals surface area contributed by atoms with Crippen molar-refractivity contribution in [2.45, 2.75) is 20.0 Å². The largest absolute Gasteiger partial charge is 0.472 e. The van der Waals surface area contributed by atoms with Crippen LogP contribution in [0.5, 0.6) is 5.88 Å². The number of ether oxygens (including phenoxy) is 1. The summed E-state index contributed by atoms with van der Waals surface area (Å²) in [4.78, 5) is 11.9. The van der Waals surface area contributed by atoms with E-state index in [-0.39, 0.29) is 12.5 Å². The van der Waals surface area contributed by atoms with Gasteiger partial charge in [-0.15, -0.1) is 5.10 Å². The highest BCUT2D eigenvalue weighted by molar-refractivity contribution is 9.08. The van der Waals surface area contributed by atoms with E-state index in [9.17, 15) is 4.79 Å². The van der Waals surface area contributed by atoms with E-state index in [0.717, 1.165) is 17.5 Å². The van der Waals surface area contributed by atoms with Gasteiger partial charge in [-0.3, -0.25) is 9.14 Å². The van der Waals surface area contributed by atoms with E-state index in [1.165, 1.54) is 4.09 Å². The van der Waals surface area contributed by atoms with Crippen molar-refractivity contribution in [2.75, 3.05) is 0 Å². The van der Waals surface area contributed by atoms with Gasteiger partial charge in [-0.05, 0) is 30.9 Å². The number of carbonyl (C=O) groups is 1. The van der Waals surface area contributed by atoms with Gasteiger partial charge in [0.25, 0.3) is 5.91 Å². The van der Waals surface area contributed by atoms with Gasteiger partial charge in [0.05, 0.1) is 0 Å². The number of carbonyl (C=O) groups excluding carboxylic acids is 1. The van der Waals surface area contributed by atoms with Crippen molar-refractivity contribution in [3.05, 3.63) is 47.2 Å². The second kappa shape index (κ2) is 6.81. The van der Waals surface area contributed by atoms with Crippen LogP contribution in [0.1, 0.15) is 28.4 Å². The molecule has 20 heavy (non-hydrogen) atoms. The molecule has 0 aliphatic heterocycles. The fraction of sp³-hybridized carbons (Fsp3) is 0.231. The second-order valence-corrected chi connectivity index (χ2v) is 4.89. The number of thiol groups is 1. The third-order valence-corrected chi connectivity index (χ3v) is 3.48. The van der Waals surface area contributed by atoms with Crippen LogP contribution in [0.25, 0.3) is 0 Å². The Morgan fingerprint density at radius 3 is 2.90 bits per heavy atom. The van der Waals surface area contributed by atoms with Crippen molar-refractivity contribution in [1.82, 2.24) is 13.5 Å². The summed E-state index contributed by atoms with van der Waals surface area (Å²) >= 11 is 7.01. The smallest absolute Gasteiger partial charge is 0.261 e. The molecule has 106 valence electrons. The summed E-state index contributed by atoms with van der Waals surface area (Å²) in [6.45, 7) is 2.32. The van der Waals surface area contributed by atoms with Crippen LogP contribution in [0, 0.1) is 0 Å². The molecular weight excluding hydrogens is 342 g/mol. The van der Waals surface area contributed by atoms with E-state index >= 15 is 0 Å². The molecule has 5 nitrogen and oxygen atoms in total. The SMILES string of the molecule is CCc1cccc(C(=O)NBr)c1COc1ccn(S)n1. The Morgan fingerprint density at radius 2 is 2.30 bits per heavy atom. The van der Waals surface area contributed by atoms with Gasteiger partial charge in [-0.2, -0.15) is 0 Å². The molecular formula is C13H14BrN3O2S. The van der Waals surface area contributed by atoms with E-state index in [1.54, 1.807) is 18.3 Å². The lowest BCUT2D eigenvalue weighted by Gasteiger charge is -2.12. The summed E-state index contributed by atoms with van der Waals surface area (Å²) in [7, 11) is 0. The van der Waals surface area contributed by atoms with Crippen molar-refractivity contribution in [3.63, 3.8) is 0 Å². The number of hydrogen-bond acceptors (Lipinski definition) is 4. The lowest BCUT2D eigenvalue weighted by atomic mass is 9.99. The molecule has 1 amide bonds. The monoisotopic (exact) mass is 355 g/mol. The molecule has 1 heterocycles. The fourth-order valence-corrected chi connectivity index (χ4v) is 2.29. The van der Waals surface area contributed by atoms with Gasteiger partial charge < -0.3 is 4.74 Å². The van der Waals surface area contributed by atoms with Gasteiger partial charge >= 0.3 is 0 Å². The number of rotatable bonds is 5. The van der Waals surface area contributed by atoms with Crippen LogP contribution in [0.3, 0.4) is 0 Å². The predicted molar refractivity (Wildman–Crippen MR) is 83.2 cm³/mol. The van der Waals surface area contributed by atoms with Crippen LogP contribution in [0.15, 0.2) is 30.5 Å². The van der Waals surface area contributed by atoms with Crippen LogP contribution in [-0.2, 0) is 13.0 Å². The maximum atomic E-state index is 11.9. The van der Waals surface area contributed by atoms with Crippen LogP contribution >= 0.6 is 29.0 Å². The van der Waals surface area contributed by atoms with Gasteiger partial charge in [0.1, 0.15) is 6.61 Å². The highest BCUT2D eigenvalue weighted by atomic mass is 79.9. The first kappa shape index (κ1) is 14.9. The molecule has 1 N–H and O–H groups in total. The molecule has 0 unspecified atom stereocenters. The number of hydrogen-bond donors (Lipinski definition) is 2. The standard InChI is InChI=1S/C13H14BrN3O2S/c1-2-9-4-3-5-10(13(18)15-14)11(9)8-19-12-6-7-17(20)16-12/h3-7,20H,2,8H2,1H3,(H,15,18). The summed E-state index contributed by atoms with van der Waals surface area (Å²) in [6.07, 6.45) is 2.50. The highest BCUT2D eigenvalue weighted by Crippen LogP contribution is 2.19. The molecule has 0 radical (unpaired) electrons. The summed E-state index contributed by atoms with van der Waals surface area (Å²) in [5.41, 5.74) is 2.52. The van der Waals surface area contributed by atoms with Crippen molar-refractivity contribution in [2.24, 2.45) is 0 Å². The summed E-state index contributed by atoms with van der Waals surface area (Å²) in [5, 5.41) is 4.02. The molecule has 0 saturated heterocycles. The lowest BCUT2D eigenvalue weighted by Crippen LogP contribution is -2.16. The first-order chi connectivity index (χ1) is 9.65. The molecule has 0 saturated carbocycles. The Kier molecular flexibility index (Phi) is 5.08. The number of nitrogens with zero attached hydrogens (tertiary/aromatic N) is 2. The minimum atomic E-state index is -0.196. The van der Waals surface area contributed by atoms with Gasteiger partial charge in [-0.25, -0.2) is 4.09 Å². The van der Waals surface area contributed by atoms with Crippen LogP contribution in [0.4, 0.5) is 0 Å². The Morgan fingerprint density at radius 1 is 1.50 bits per heavy atom. The average molecular weight is 356 g/mol. The maximum Gasteiger partial charge on any atom is 0.261 e. The molecule has 0 atom stereocenters. The zero-order valence-electron chi connectivity index (χ0n) is 10.8. The van der Waals surface area contributed by atoms with E-state index in [2.05, 4.69) is 38.4 Å². The third-order valence-electron chi connectivity index (χ3n) is 2.90. The number of benzene rings is 1. The highest BCUT2D eigenvalue weighted by Gasteiger charge is 2.14. The fourth-order valence-electron chi connectivity index (χ4n) is 1.92. The van der Waals surface area contributed by atoms with Gasteiger partial charge in [0, 0.05) is 39.5 Å². The molecule has 1 aromatic heterocycles.